The standard InChI is InChI=1S/C17H18ClFN2O5S/c1-25-12-5-7-16(26-2)15(9-12)21(27(3,23)24)10-17(22)20-11-4-6-14(19)13(18)8-11/h4-9H,10H2,1-3H3,(H,20,22). The second-order valence-corrected chi connectivity index (χ2v) is 7.80. The lowest BCUT2D eigenvalue weighted by molar-refractivity contribution is -0.114. The molecule has 0 saturated heterocycles. The van der Waals surface area contributed by atoms with E-state index < -0.39 is 28.3 Å². The van der Waals surface area contributed by atoms with E-state index in [-0.39, 0.29) is 22.1 Å². The molecule has 0 heterocycles. The molecule has 0 spiro atoms. The molecule has 2 aromatic carbocycles. The number of hydrogen-bond donors (Lipinski definition) is 1. The number of ether oxygens (including phenoxy) is 2. The predicted molar refractivity (Wildman–Crippen MR) is 102 cm³/mol. The predicted octanol–water partition coefficient (Wildman–Crippen LogP) is 2.90. The molecular weight excluding hydrogens is 399 g/mol. The van der Waals surface area contributed by atoms with Crippen LogP contribution >= 0.6 is 11.6 Å². The Kier molecular flexibility index (Phi) is 6.50. The van der Waals surface area contributed by atoms with E-state index in [4.69, 9.17) is 21.1 Å². The highest BCUT2D eigenvalue weighted by Crippen LogP contribution is 2.33. The molecule has 0 aromatic heterocycles. The quantitative estimate of drug-likeness (QED) is 0.750. The summed E-state index contributed by atoms with van der Waals surface area (Å²) in [6.07, 6.45) is 0.966. The minimum Gasteiger partial charge on any atom is -0.497 e. The minimum atomic E-state index is -3.83. The second-order valence-electron chi connectivity index (χ2n) is 5.48. The Hall–Kier alpha value is -2.52. The van der Waals surface area contributed by atoms with Gasteiger partial charge in [0.2, 0.25) is 15.9 Å². The highest BCUT2D eigenvalue weighted by atomic mass is 35.5. The zero-order valence-electron chi connectivity index (χ0n) is 14.8. The molecule has 1 N–H and O–H groups in total. The van der Waals surface area contributed by atoms with Crippen LogP contribution in [0.4, 0.5) is 15.8 Å². The molecule has 27 heavy (non-hydrogen) atoms. The molecule has 1 amide bonds. The summed E-state index contributed by atoms with van der Waals surface area (Å²) in [5, 5.41) is 2.32. The number of nitrogens with one attached hydrogen (secondary N) is 1. The van der Waals surface area contributed by atoms with Crippen LogP contribution in [-0.4, -0.2) is 41.3 Å². The molecule has 7 nitrogen and oxygen atoms in total. The highest BCUT2D eigenvalue weighted by molar-refractivity contribution is 7.92. The minimum absolute atomic E-state index is 0.145. The van der Waals surface area contributed by atoms with Gasteiger partial charge in [0.25, 0.3) is 0 Å². The van der Waals surface area contributed by atoms with Gasteiger partial charge in [-0.1, -0.05) is 11.6 Å². The average molecular weight is 417 g/mol. The Morgan fingerprint density at radius 2 is 1.89 bits per heavy atom. The number of amides is 1. The van der Waals surface area contributed by atoms with Crippen LogP contribution in [0.3, 0.4) is 0 Å². The van der Waals surface area contributed by atoms with Crippen molar-refractivity contribution in [2.75, 3.05) is 36.6 Å². The van der Waals surface area contributed by atoms with E-state index in [0.717, 1.165) is 16.6 Å². The van der Waals surface area contributed by atoms with Gasteiger partial charge in [-0.05, 0) is 30.3 Å². The van der Waals surface area contributed by atoms with E-state index in [2.05, 4.69) is 5.32 Å². The van der Waals surface area contributed by atoms with Crippen LogP contribution in [-0.2, 0) is 14.8 Å². The van der Waals surface area contributed by atoms with Crippen LogP contribution in [0.1, 0.15) is 0 Å². The normalized spacial score (nSPS) is 11.0. The first-order valence-corrected chi connectivity index (χ1v) is 9.83. The van der Waals surface area contributed by atoms with E-state index >= 15 is 0 Å². The van der Waals surface area contributed by atoms with Gasteiger partial charge in [-0.25, -0.2) is 12.8 Å². The molecule has 0 atom stereocenters. The lowest BCUT2D eigenvalue weighted by Gasteiger charge is -2.24. The molecule has 10 heteroatoms. The van der Waals surface area contributed by atoms with E-state index in [0.29, 0.717) is 5.75 Å². The number of benzene rings is 2. The van der Waals surface area contributed by atoms with Crippen LogP contribution in [0.5, 0.6) is 11.5 Å². The van der Waals surface area contributed by atoms with Crippen LogP contribution in [0, 0.1) is 5.82 Å². The third-order valence-electron chi connectivity index (χ3n) is 3.55. The van der Waals surface area contributed by atoms with Crippen molar-refractivity contribution >= 4 is 38.9 Å². The summed E-state index contributed by atoms with van der Waals surface area (Å²) in [5.41, 5.74) is 0.379. The van der Waals surface area contributed by atoms with Crippen LogP contribution < -0.4 is 19.1 Å². The second kappa shape index (κ2) is 8.45. The SMILES string of the molecule is COc1ccc(OC)c(N(CC(=O)Nc2ccc(F)c(Cl)c2)S(C)(=O)=O)c1. The fourth-order valence-corrected chi connectivity index (χ4v) is 3.31. The average Bonchev–Trinajstić information content (AvgIpc) is 2.61. The van der Waals surface area contributed by atoms with Crippen LogP contribution in [0.2, 0.25) is 5.02 Å². The van der Waals surface area contributed by atoms with Crippen molar-refractivity contribution in [2.24, 2.45) is 0 Å². The summed E-state index contributed by atoms with van der Waals surface area (Å²) >= 11 is 5.68. The van der Waals surface area contributed by atoms with E-state index in [9.17, 15) is 17.6 Å². The smallest absolute Gasteiger partial charge is 0.245 e. The maximum atomic E-state index is 13.2. The van der Waals surface area contributed by atoms with Crippen molar-refractivity contribution in [2.45, 2.75) is 0 Å². The van der Waals surface area contributed by atoms with Crippen molar-refractivity contribution in [3.05, 3.63) is 47.2 Å². The number of carbonyl (C=O) groups is 1. The van der Waals surface area contributed by atoms with Gasteiger partial charge in [0.15, 0.2) is 0 Å². The summed E-state index contributed by atoms with van der Waals surface area (Å²) in [5.74, 6) is -0.634. The number of methoxy groups -OCH3 is 2. The Bertz CT molecular complexity index is 952. The monoisotopic (exact) mass is 416 g/mol. The first-order valence-electron chi connectivity index (χ1n) is 7.60. The van der Waals surface area contributed by atoms with Crippen molar-refractivity contribution in [1.82, 2.24) is 0 Å². The summed E-state index contributed by atoms with van der Waals surface area (Å²) in [4.78, 5) is 12.4. The molecule has 0 aliphatic rings. The van der Waals surface area contributed by atoms with Gasteiger partial charge < -0.3 is 14.8 Å². The molecule has 0 aliphatic heterocycles. The summed E-state index contributed by atoms with van der Waals surface area (Å²) in [6.45, 7) is -0.530. The Balaban J connectivity index is 2.32. The molecule has 2 aromatic rings. The number of anilines is 2. The zero-order valence-corrected chi connectivity index (χ0v) is 16.4. The molecule has 0 saturated carbocycles. The number of nitrogens with zero attached hydrogens (tertiary/aromatic N) is 1. The molecular formula is C17H18ClFN2O5S. The number of sulfonamides is 1. The van der Waals surface area contributed by atoms with E-state index in [1.54, 1.807) is 6.07 Å². The summed E-state index contributed by atoms with van der Waals surface area (Å²) in [6, 6.07) is 8.22. The fraction of sp³-hybridized carbons (Fsp3) is 0.235. The maximum Gasteiger partial charge on any atom is 0.245 e. The maximum absolute atomic E-state index is 13.2. The summed E-state index contributed by atoms with van der Waals surface area (Å²) in [7, 11) is -1.01. The van der Waals surface area contributed by atoms with Crippen molar-refractivity contribution in [3.63, 3.8) is 0 Å². The zero-order chi connectivity index (χ0) is 20.2. The lowest BCUT2D eigenvalue weighted by atomic mass is 10.2. The third-order valence-corrected chi connectivity index (χ3v) is 4.96. The van der Waals surface area contributed by atoms with Crippen molar-refractivity contribution in [1.29, 1.82) is 0 Å². The van der Waals surface area contributed by atoms with Gasteiger partial charge in [-0.15, -0.1) is 0 Å². The fourth-order valence-electron chi connectivity index (χ4n) is 2.28. The molecule has 0 fully saturated rings. The number of halogens is 2. The van der Waals surface area contributed by atoms with Crippen LogP contribution in [0.15, 0.2) is 36.4 Å². The summed E-state index contributed by atoms with van der Waals surface area (Å²) < 4.78 is 48.9. The van der Waals surface area contributed by atoms with Gasteiger partial charge in [0.1, 0.15) is 23.9 Å². The number of carbonyl (C=O) groups excluding carboxylic acids is 1. The van der Waals surface area contributed by atoms with Gasteiger partial charge in [0, 0.05) is 11.8 Å². The first-order chi connectivity index (χ1) is 12.7. The van der Waals surface area contributed by atoms with E-state index in [1.165, 1.54) is 38.5 Å². The van der Waals surface area contributed by atoms with Crippen LogP contribution in [0.25, 0.3) is 0 Å². The topological polar surface area (TPSA) is 84.9 Å². The van der Waals surface area contributed by atoms with Gasteiger partial charge >= 0.3 is 0 Å². The Labute approximate surface area is 161 Å². The Morgan fingerprint density at radius 1 is 1.19 bits per heavy atom. The third kappa shape index (κ3) is 5.24. The number of hydrogen-bond acceptors (Lipinski definition) is 5. The molecule has 0 bridgehead atoms. The highest BCUT2D eigenvalue weighted by Gasteiger charge is 2.24. The van der Waals surface area contributed by atoms with Gasteiger partial charge in [-0.2, -0.15) is 0 Å². The lowest BCUT2D eigenvalue weighted by Crippen LogP contribution is -2.37. The first kappa shape index (κ1) is 20.8. The van der Waals surface area contributed by atoms with Gasteiger partial charge in [-0.3, -0.25) is 9.10 Å². The Morgan fingerprint density at radius 3 is 2.44 bits per heavy atom. The molecule has 2 rings (SSSR count). The van der Waals surface area contributed by atoms with Gasteiger partial charge in [0.05, 0.1) is 31.2 Å². The molecule has 146 valence electrons. The molecule has 0 aliphatic carbocycles. The van der Waals surface area contributed by atoms with E-state index in [1.807, 2.05) is 0 Å². The molecule has 0 unspecified atom stereocenters. The van der Waals surface area contributed by atoms with Crippen molar-refractivity contribution in [3.8, 4) is 11.5 Å². The van der Waals surface area contributed by atoms with Crippen molar-refractivity contribution < 1.29 is 27.1 Å². The number of rotatable bonds is 7. The largest absolute Gasteiger partial charge is 0.497 e. The molecule has 0 radical (unpaired) electrons.